The Labute approximate surface area is 115 Å². The van der Waals surface area contributed by atoms with Crippen molar-refractivity contribution in [3.63, 3.8) is 0 Å². The van der Waals surface area contributed by atoms with Crippen LogP contribution < -0.4 is 10.1 Å². The molecule has 0 heterocycles. The van der Waals surface area contributed by atoms with Crippen molar-refractivity contribution in [2.24, 2.45) is 0 Å². The van der Waals surface area contributed by atoms with Gasteiger partial charge in [0.25, 0.3) is 0 Å². The molecule has 1 amide bonds. The fourth-order valence-corrected chi connectivity index (χ4v) is 1.48. The molecule has 0 saturated carbocycles. The van der Waals surface area contributed by atoms with Crippen LogP contribution in [0, 0.1) is 0 Å². The zero-order valence-corrected chi connectivity index (χ0v) is 11.3. The first-order valence-corrected chi connectivity index (χ1v) is 6.11. The van der Waals surface area contributed by atoms with Crippen LogP contribution >= 0.6 is 0 Å². The third-order valence-corrected chi connectivity index (χ3v) is 2.64. The molecular weight excluding hydrogens is 273 g/mol. The molecule has 0 aliphatic carbocycles. The number of nitrogens with zero attached hydrogens (tertiary/aromatic N) is 1. The van der Waals surface area contributed by atoms with Gasteiger partial charge in [-0.25, -0.2) is 0 Å². The Morgan fingerprint density at radius 3 is 2.70 bits per heavy atom. The van der Waals surface area contributed by atoms with E-state index < -0.39 is 6.36 Å². The highest BCUT2D eigenvalue weighted by Gasteiger charge is 2.31. The monoisotopic (exact) mass is 290 g/mol. The van der Waals surface area contributed by atoms with Gasteiger partial charge in [-0.1, -0.05) is 12.1 Å². The molecule has 0 atom stereocenters. The lowest BCUT2D eigenvalue weighted by atomic mass is 10.2. The number of hydrogen-bond donors (Lipinski definition) is 1. The maximum Gasteiger partial charge on any atom is 0.573 e. The van der Waals surface area contributed by atoms with Crippen molar-refractivity contribution in [2.75, 3.05) is 20.1 Å². The highest BCUT2D eigenvalue weighted by atomic mass is 19.4. The minimum absolute atomic E-state index is 0.0739. The van der Waals surface area contributed by atoms with Crippen molar-refractivity contribution < 1.29 is 22.7 Å². The molecule has 1 aromatic carbocycles. The number of carbonyl (C=O) groups excluding carboxylic acids is 1. The number of hydrogen-bond acceptors (Lipinski definition) is 3. The molecule has 20 heavy (non-hydrogen) atoms. The van der Waals surface area contributed by atoms with E-state index in [1.807, 2.05) is 6.92 Å². The second kappa shape index (κ2) is 7.14. The summed E-state index contributed by atoms with van der Waals surface area (Å²) in [4.78, 5) is 13.1. The molecule has 1 N–H and O–H groups in total. The molecule has 0 aliphatic rings. The Hall–Kier alpha value is -1.76. The third-order valence-electron chi connectivity index (χ3n) is 2.64. The lowest BCUT2D eigenvalue weighted by Crippen LogP contribution is -2.35. The van der Waals surface area contributed by atoms with Gasteiger partial charge in [-0.2, -0.15) is 0 Å². The van der Waals surface area contributed by atoms with Crippen LogP contribution in [0.4, 0.5) is 13.2 Å². The number of rotatable bonds is 6. The second-order valence-corrected chi connectivity index (χ2v) is 4.21. The molecule has 1 rings (SSSR count). The number of ether oxygens (including phenoxy) is 1. The number of halogens is 3. The van der Waals surface area contributed by atoms with Gasteiger partial charge < -0.3 is 15.0 Å². The van der Waals surface area contributed by atoms with Gasteiger partial charge in [0.15, 0.2) is 0 Å². The van der Waals surface area contributed by atoms with E-state index in [9.17, 15) is 18.0 Å². The predicted molar refractivity (Wildman–Crippen MR) is 68.1 cm³/mol. The average Bonchev–Trinajstić information content (AvgIpc) is 2.36. The van der Waals surface area contributed by atoms with E-state index in [1.165, 1.54) is 18.2 Å². The zero-order chi connectivity index (χ0) is 15.2. The highest BCUT2D eigenvalue weighted by Crippen LogP contribution is 2.23. The number of carbonyl (C=O) groups is 1. The fraction of sp³-hybridized carbons (Fsp3) is 0.462. The van der Waals surface area contributed by atoms with Crippen molar-refractivity contribution >= 4 is 5.91 Å². The normalized spacial score (nSPS) is 11.2. The molecule has 7 heteroatoms. The molecule has 4 nitrogen and oxygen atoms in total. The van der Waals surface area contributed by atoms with Gasteiger partial charge in [-0.3, -0.25) is 4.79 Å². The number of benzene rings is 1. The minimum atomic E-state index is -4.70. The first-order chi connectivity index (χ1) is 9.31. The lowest BCUT2D eigenvalue weighted by molar-refractivity contribution is -0.274. The van der Waals surface area contributed by atoms with Crippen LogP contribution in [-0.4, -0.2) is 37.3 Å². The zero-order valence-electron chi connectivity index (χ0n) is 11.3. The van der Waals surface area contributed by atoms with E-state index in [0.29, 0.717) is 18.7 Å². The quantitative estimate of drug-likeness (QED) is 0.873. The van der Waals surface area contributed by atoms with Crippen molar-refractivity contribution in [1.29, 1.82) is 0 Å². The van der Waals surface area contributed by atoms with E-state index in [-0.39, 0.29) is 18.2 Å². The van der Waals surface area contributed by atoms with Crippen LogP contribution in [0.1, 0.15) is 12.5 Å². The average molecular weight is 290 g/mol. The molecule has 0 spiro atoms. The smallest absolute Gasteiger partial charge is 0.406 e. The van der Waals surface area contributed by atoms with E-state index in [4.69, 9.17) is 0 Å². The molecule has 0 unspecified atom stereocenters. The summed E-state index contributed by atoms with van der Waals surface area (Å²) < 4.78 is 40.0. The van der Waals surface area contributed by atoms with Crippen LogP contribution in [0.2, 0.25) is 0 Å². The molecule has 0 aliphatic heterocycles. The number of nitrogens with one attached hydrogen (secondary N) is 1. The van der Waals surface area contributed by atoms with E-state index in [0.717, 1.165) is 0 Å². The van der Waals surface area contributed by atoms with Gasteiger partial charge in [0.1, 0.15) is 5.75 Å². The molecule has 0 saturated heterocycles. The van der Waals surface area contributed by atoms with E-state index in [1.54, 1.807) is 18.0 Å². The molecular formula is C13H17F3N2O2. The van der Waals surface area contributed by atoms with Gasteiger partial charge in [-0.15, -0.1) is 13.2 Å². The molecule has 1 aromatic rings. The SMILES string of the molecule is CCN(C)C(=O)CNCc1cccc(OC(F)(F)F)c1. The van der Waals surface area contributed by atoms with E-state index in [2.05, 4.69) is 10.1 Å². The number of amides is 1. The fourth-order valence-electron chi connectivity index (χ4n) is 1.48. The summed E-state index contributed by atoms with van der Waals surface area (Å²) in [5.41, 5.74) is 0.610. The topological polar surface area (TPSA) is 41.6 Å². The third kappa shape index (κ3) is 5.92. The molecule has 0 aromatic heterocycles. The second-order valence-electron chi connectivity index (χ2n) is 4.21. The number of likely N-dealkylation sites (N-methyl/N-ethyl adjacent to an activating group) is 1. The number of alkyl halides is 3. The molecule has 112 valence electrons. The van der Waals surface area contributed by atoms with Crippen LogP contribution in [0.3, 0.4) is 0 Å². The Bertz CT molecular complexity index is 449. The van der Waals surface area contributed by atoms with Crippen molar-refractivity contribution in [2.45, 2.75) is 19.8 Å². The van der Waals surface area contributed by atoms with Crippen molar-refractivity contribution in [1.82, 2.24) is 10.2 Å². The maximum absolute atomic E-state index is 12.1. The van der Waals surface area contributed by atoms with Gasteiger partial charge >= 0.3 is 6.36 Å². The summed E-state index contributed by atoms with van der Waals surface area (Å²) in [7, 11) is 1.68. The van der Waals surface area contributed by atoms with Crippen molar-refractivity contribution in [3.05, 3.63) is 29.8 Å². The Balaban J connectivity index is 2.49. The first kappa shape index (κ1) is 16.3. The molecule has 0 bridgehead atoms. The van der Waals surface area contributed by atoms with E-state index >= 15 is 0 Å². The van der Waals surface area contributed by atoms with Crippen LogP contribution in [-0.2, 0) is 11.3 Å². The standard InChI is InChI=1S/C13H17F3N2O2/c1-3-18(2)12(19)9-17-8-10-5-4-6-11(7-10)20-13(14,15)16/h4-7,17H,3,8-9H2,1-2H3. The van der Waals surface area contributed by atoms with Gasteiger partial charge in [0.05, 0.1) is 6.54 Å². The Morgan fingerprint density at radius 2 is 2.10 bits per heavy atom. The summed E-state index contributed by atoms with van der Waals surface area (Å²) in [6.07, 6.45) is -4.70. The summed E-state index contributed by atoms with van der Waals surface area (Å²) in [5, 5.41) is 2.88. The minimum Gasteiger partial charge on any atom is -0.406 e. The van der Waals surface area contributed by atoms with Gasteiger partial charge in [0, 0.05) is 20.1 Å². The van der Waals surface area contributed by atoms with Crippen molar-refractivity contribution in [3.8, 4) is 5.75 Å². The summed E-state index contributed by atoms with van der Waals surface area (Å²) >= 11 is 0. The Kier molecular flexibility index (Phi) is 5.82. The van der Waals surface area contributed by atoms with Crippen LogP contribution in [0.15, 0.2) is 24.3 Å². The summed E-state index contributed by atoms with van der Waals surface area (Å²) in [6.45, 7) is 2.89. The molecule has 0 fully saturated rings. The summed E-state index contributed by atoms with van der Waals surface area (Å²) in [5.74, 6) is -0.344. The maximum atomic E-state index is 12.1. The highest BCUT2D eigenvalue weighted by molar-refractivity contribution is 5.77. The van der Waals surface area contributed by atoms with Crippen LogP contribution in [0.25, 0.3) is 0 Å². The van der Waals surface area contributed by atoms with Gasteiger partial charge in [-0.05, 0) is 24.6 Å². The van der Waals surface area contributed by atoms with Gasteiger partial charge in [0.2, 0.25) is 5.91 Å². The predicted octanol–water partition coefficient (Wildman–Crippen LogP) is 2.15. The molecule has 0 radical (unpaired) electrons. The lowest BCUT2D eigenvalue weighted by Gasteiger charge is -2.15. The van der Waals surface area contributed by atoms with Crippen LogP contribution in [0.5, 0.6) is 5.75 Å². The largest absolute Gasteiger partial charge is 0.573 e. The Morgan fingerprint density at radius 1 is 1.40 bits per heavy atom. The first-order valence-electron chi connectivity index (χ1n) is 6.11. The summed E-state index contributed by atoms with van der Waals surface area (Å²) in [6, 6.07) is 5.64.